The predicted molar refractivity (Wildman–Crippen MR) is 114 cm³/mol. The smallest absolute Gasteiger partial charge is 0.262 e. The Morgan fingerprint density at radius 1 is 1.06 bits per heavy atom. The first kappa shape index (κ1) is 21.2. The van der Waals surface area contributed by atoms with Gasteiger partial charge in [-0.3, -0.25) is 34.3 Å². The van der Waals surface area contributed by atoms with Crippen LogP contribution in [0.5, 0.6) is 0 Å². The van der Waals surface area contributed by atoms with Gasteiger partial charge in [-0.25, -0.2) is 0 Å². The van der Waals surface area contributed by atoms with Crippen LogP contribution in [0.2, 0.25) is 0 Å². The van der Waals surface area contributed by atoms with Crippen molar-refractivity contribution in [2.24, 2.45) is 0 Å². The van der Waals surface area contributed by atoms with Crippen molar-refractivity contribution < 1.29 is 23.9 Å². The molecule has 170 valence electrons. The Balaban J connectivity index is 1.40. The van der Waals surface area contributed by atoms with E-state index in [0.29, 0.717) is 36.9 Å². The highest BCUT2D eigenvalue weighted by Crippen LogP contribution is 2.31. The normalized spacial score (nSPS) is 29.2. The topological polar surface area (TPSA) is 108 Å². The molecule has 0 radical (unpaired) electrons. The van der Waals surface area contributed by atoms with E-state index < -0.39 is 23.8 Å². The summed E-state index contributed by atoms with van der Waals surface area (Å²) in [5.41, 5.74) is 1.50. The fourth-order valence-electron chi connectivity index (χ4n) is 5.37. The van der Waals surface area contributed by atoms with Gasteiger partial charge in [-0.05, 0) is 37.4 Å². The third kappa shape index (κ3) is 3.74. The number of nitrogens with zero attached hydrogens (tertiary/aromatic N) is 2. The van der Waals surface area contributed by atoms with Crippen LogP contribution in [-0.4, -0.2) is 77.9 Å². The van der Waals surface area contributed by atoms with Gasteiger partial charge in [-0.15, -0.1) is 0 Å². The summed E-state index contributed by atoms with van der Waals surface area (Å²) in [7, 11) is 0. The van der Waals surface area contributed by atoms with E-state index in [1.165, 1.54) is 12.8 Å². The second-order valence-corrected chi connectivity index (χ2v) is 8.96. The quantitative estimate of drug-likeness (QED) is 0.654. The third-order valence-corrected chi connectivity index (χ3v) is 7.02. The molecule has 9 heteroatoms. The van der Waals surface area contributed by atoms with E-state index in [1.54, 1.807) is 12.1 Å². The zero-order valence-electron chi connectivity index (χ0n) is 18.0. The molecule has 2 N–H and O–H groups in total. The van der Waals surface area contributed by atoms with Gasteiger partial charge in [-0.1, -0.05) is 18.6 Å². The fraction of sp³-hybridized carbons (Fsp3) is 0.565. The molecule has 9 nitrogen and oxygen atoms in total. The molecule has 32 heavy (non-hydrogen) atoms. The predicted octanol–water partition coefficient (Wildman–Crippen LogP) is 0.431. The van der Waals surface area contributed by atoms with E-state index in [1.807, 2.05) is 6.07 Å². The van der Waals surface area contributed by atoms with E-state index in [9.17, 15) is 19.2 Å². The maximum Gasteiger partial charge on any atom is 0.262 e. The minimum Gasteiger partial charge on any atom is -0.378 e. The van der Waals surface area contributed by atoms with Crippen molar-refractivity contribution in [3.8, 4) is 0 Å². The Kier molecular flexibility index (Phi) is 5.79. The third-order valence-electron chi connectivity index (χ3n) is 7.02. The summed E-state index contributed by atoms with van der Waals surface area (Å²) in [5.74, 6) is -1.88. The molecule has 5 rings (SSSR count). The van der Waals surface area contributed by atoms with Crippen LogP contribution in [0.15, 0.2) is 18.2 Å². The lowest BCUT2D eigenvalue weighted by Gasteiger charge is -2.42. The highest BCUT2D eigenvalue weighted by atomic mass is 16.5. The Hall–Kier alpha value is -2.62. The minimum absolute atomic E-state index is 0.112. The number of imide groups is 2. The van der Waals surface area contributed by atoms with Gasteiger partial charge in [0.25, 0.3) is 11.8 Å². The van der Waals surface area contributed by atoms with Crippen molar-refractivity contribution >= 4 is 23.6 Å². The number of ether oxygens (including phenoxy) is 1. The van der Waals surface area contributed by atoms with E-state index in [-0.39, 0.29) is 24.8 Å². The molecule has 4 aliphatic rings. The number of piperidine rings is 2. The molecule has 4 amide bonds. The Labute approximate surface area is 186 Å². The van der Waals surface area contributed by atoms with Crippen LogP contribution in [-0.2, 0) is 20.9 Å². The monoisotopic (exact) mass is 440 g/mol. The average molecular weight is 441 g/mol. The Morgan fingerprint density at radius 3 is 2.72 bits per heavy atom. The average Bonchev–Trinajstić information content (AvgIpc) is 3.06. The second kappa shape index (κ2) is 8.73. The van der Waals surface area contributed by atoms with Crippen molar-refractivity contribution in [3.05, 3.63) is 34.9 Å². The van der Waals surface area contributed by atoms with Crippen molar-refractivity contribution in [2.75, 3.05) is 26.3 Å². The summed E-state index contributed by atoms with van der Waals surface area (Å²) in [5, 5.41) is 5.85. The molecule has 3 fully saturated rings. The molecular formula is C23H28N4O5. The number of carbonyl (C=O) groups is 4. The first-order valence-corrected chi connectivity index (χ1v) is 11.4. The van der Waals surface area contributed by atoms with Gasteiger partial charge in [0.05, 0.1) is 24.3 Å². The lowest BCUT2D eigenvalue weighted by molar-refractivity contribution is -0.136. The maximum atomic E-state index is 13.4. The summed E-state index contributed by atoms with van der Waals surface area (Å²) < 4.78 is 5.77. The van der Waals surface area contributed by atoms with Crippen molar-refractivity contribution in [3.63, 3.8) is 0 Å². The van der Waals surface area contributed by atoms with Gasteiger partial charge in [0, 0.05) is 31.6 Å². The summed E-state index contributed by atoms with van der Waals surface area (Å²) in [6.07, 6.45) is 3.74. The summed E-state index contributed by atoms with van der Waals surface area (Å²) in [6.45, 7) is 3.57. The van der Waals surface area contributed by atoms with Gasteiger partial charge in [-0.2, -0.15) is 0 Å². The lowest BCUT2D eigenvalue weighted by atomic mass is 9.95. The van der Waals surface area contributed by atoms with Crippen LogP contribution >= 0.6 is 0 Å². The number of hydrogen-bond acceptors (Lipinski definition) is 7. The largest absolute Gasteiger partial charge is 0.378 e. The van der Waals surface area contributed by atoms with Gasteiger partial charge < -0.3 is 10.1 Å². The van der Waals surface area contributed by atoms with E-state index >= 15 is 0 Å². The van der Waals surface area contributed by atoms with Gasteiger partial charge >= 0.3 is 0 Å². The van der Waals surface area contributed by atoms with E-state index in [4.69, 9.17) is 4.74 Å². The molecule has 3 unspecified atom stereocenters. The molecule has 0 saturated carbocycles. The minimum atomic E-state index is -0.949. The highest BCUT2D eigenvalue weighted by molar-refractivity contribution is 6.24. The fourth-order valence-corrected chi connectivity index (χ4v) is 5.37. The Bertz CT molecular complexity index is 958. The zero-order chi connectivity index (χ0) is 22.2. The highest BCUT2D eigenvalue weighted by Gasteiger charge is 2.45. The van der Waals surface area contributed by atoms with Gasteiger partial charge in [0.1, 0.15) is 6.04 Å². The van der Waals surface area contributed by atoms with Crippen LogP contribution in [0.3, 0.4) is 0 Å². The van der Waals surface area contributed by atoms with Gasteiger partial charge in [0.2, 0.25) is 11.8 Å². The molecular weight excluding hydrogens is 412 g/mol. The molecule has 0 aromatic heterocycles. The summed E-state index contributed by atoms with van der Waals surface area (Å²) in [6, 6.07) is 4.93. The van der Waals surface area contributed by atoms with Crippen LogP contribution in [0.4, 0.5) is 0 Å². The number of rotatable bonds is 4. The van der Waals surface area contributed by atoms with Crippen molar-refractivity contribution in [1.29, 1.82) is 0 Å². The number of morpholine rings is 1. The zero-order valence-corrected chi connectivity index (χ0v) is 18.0. The molecule has 3 atom stereocenters. The number of nitrogens with one attached hydrogen (secondary N) is 2. The van der Waals surface area contributed by atoms with Crippen LogP contribution in [0.1, 0.15) is 58.4 Å². The molecule has 0 spiro atoms. The molecule has 4 heterocycles. The number of amides is 4. The number of hydrogen-bond donors (Lipinski definition) is 2. The molecule has 0 aliphatic carbocycles. The van der Waals surface area contributed by atoms with Gasteiger partial charge in [0.15, 0.2) is 0 Å². The number of carbonyl (C=O) groups excluding carboxylic acids is 4. The Morgan fingerprint density at radius 2 is 1.94 bits per heavy atom. The van der Waals surface area contributed by atoms with Crippen LogP contribution < -0.4 is 10.6 Å². The van der Waals surface area contributed by atoms with Crippen molar-refractivity contribution in [2.45, 2.75) is 56.8 Å². The molecule has 1 aromatic rings. The first-order valence-electron chi connectivity index (χ1n) is 11.4. The second-order valence-electron chi connectivity index (χ2n) is 8.96. The molecule has 4 aliphatic heterocycles. The SMILES string of the molecule is O=C1CCC(N2C(=O)c3cccc(CN4CCOCC4C4CCCCN4)c3C2=O)C(=O)N1. The standard InChI is InChI=1S/C23H28N4O5/c28-19-8-7-17(21(29)25-19)27-22(30)15-5-3-4-14(20(15)23(27)31)12-26-10-11-32-13-18(26)16-6-1-2-9-24-16/h3-5,16-18,24H,1-2,6-13H2,(H,25,28,29). The maximum absolute atomic E-state index is 13.4. The number of fused-ring (bicyclic) bond motifs is 1. The van der Waals surface area contributed by atoms with Crippen LogP contribution in [0, 0.1) is 0 Å². The summed E-state index contributed by atoms with van der Waals surface area (Å²) in [4.78, 5) is 53.7. The van der Waals surface area contributed by atoms with Crippen LogP contribution in [0.25, 0.3) is 0 Å². The van der Waals surface area contributed by atoms with Crippen molar-refractivity contribution in [1.82, 2.24) is 20.4 Å². The number of benzene rings is 1. The van der Waals surface area contributed by atoms with E-state index in [2.05, 4.69) is 15.5 Å². The van der Waals surface area contributed by atoms with E-state index in [0.717, 1.165) is 30.0 Å². The molecule has 0 bridgehead atoms. The lowest BCUT2D eigenvalue weighted by Crippen LogP contribution is -2.57. The summed E-state index contributed by atoms with van der Waals surface area (Å²) >= 11 is 0. The molecule has 3 saturated heterocycles. The first-order chi connectivity index (χ1) is 15.5. The molecule has 1 aromatic carbocycles.